The molecule has 0 aliphatic heterocycles. The predicted octanol–water partition coefficient (Wildman–Crippen LogP) is 4.21. The maximum atomic E-state index is 11.8. The van der Waals surface area contributed by atoms with Gasteiger partial charge in [0.2, 0.25) is 11.8 Å². The fourth-order valence-corrected chi connectivity index (χ4v) is 3.17. The zero-order valence-corrected chi connectivity index (χ0v) is 18.3. The number of hydrogen-bond donors (Lipinski definition) is 3. The number of carbonyl (C=O) groups is 3. The Morgan fingerprint density at radius 3 is 1.83 bits per heavy atom. The second-order valence-corrected chi connectivity index (χ2v) is 7.80. The van der Waals surface area contributed by atoms with Crippen LogP contribution in [0.1, 0.15) is 110 Å². The minimum absolute atomic E-state index is 0. The summed E-state index contributed by atoms with van der Waals surface area (Å²) in [4.78, 5) is 33.7. The molecule has 7 heteroatoms. The third kappa shape index (κ3) is 21.8. The van der Waals surface area contributed by atoms with E-state index in [-0.39, 0.29) is 48.3 Å². The van der Waals surface area contributed by atoms with Gasteiger partial charge in [-0.15, -0.1) is 0 Å². The number of hydrogen-bond acceptors (Lipinski definition) is 3. The second-order valence-electron chi connectivity index (χ2n) is 7.80. The number of allylic oxidation sites excluding steroid dienone is 2. The van der Waals surface area contributed by atoms with Crippen molar-refractivity contribution in [2.24, 2.45) is 5.73 Å². The Balaban J connectivity index is 0. The van der Waals surface area contributed by atoms with Gasteiger partial charge < -0.3 is 16.2 Å². The van der Waals surface area contributed by atoms with Crippen molar-refractivity contribution >= 4 is 47.3 Å². The number of carboxylic acid groups (broad SMARTS) is 1. The van der Waals surface area contributed by atoms with Crippen molar-refractivity contribution in [1.82, 2.24) is 5.32 Å². The zero-order valence-electron chi connectivity index (χ0n) is 18.3. The molecule has 30 heavy (non-hydrogen) atoms. The van der Waals surface area contributed by atoms with Gasteiger partial charge >= 0.3 is 35.5 Å². The van der Waals surface area contributed by atoms with Crippen LogP contribution in [0, 0.1) is 0 Å². The number of primary amides is 1. The summed E-state index contributed by atoms with van der Waals surface area (Å²) in [5, 5.41) is 11.5. The predicted molar refractivity (Wildman–Crippen MR) is 125 cm³/mol. The van der Waals surface area contributed by atoms with Crippen LogP contribution in [-0.4, -0.2) is 58.5 Å². The van der Waals surface area contributed by atoms with E-state index in [1.807, 2.05) is 0 Å². The Bertz CT molecular complexity index is 484. The Labute approximate surface area is 205 Å². The summed E-state index contributed by atoms with van der Waals surface area (Å²) in [6, 6.07) is -1.04. The van der Waals surface area contributed by atoms with Gasteiger partial charge in [0.1, 0.15) is 6.04 Å². The van der Waals surface area contributed by atoms with Gasteiger partial charge in [0.25, 0.3) is 0 Å². The van der Waals surface area contributed by atoms with E-state index in [9.17, 15) is 14.4 Å². The average molecular weight is 435 g/mol. The molecule has 170 valence electrons. The number of carbonyl (C=O) groups excluding carboxylic acids is 2. The fourth-order valence-electron chi connectivity index (χ4n) is 3.17. The van der Waals surface area contributed by atoms with Gasteiger partial charge in [0.15, 0.2) is 0 Å². The standard InChI is InChI=1S/C23H42N2O4.Na.H/c1-2-3-4-5-6-7-8-9-10-11-12-13-14-15-16-17-22(27)25-20(23(28)29)18-19-21(24)26;;/h9-10,20H,2-8,11-19H2,1H3,(H2,24,26)(H,25,27)(H,28,29);;/b10-9-;;. The number of nitrogens with two attached hydrogens (primary N) is 1. The minimum atomic E-state index is -1.14. The topological polar surface area (TPSA) is 109 Å². The zero-order chi connectivity index (χ0) is 21.7. The van der Waals surface area contributed by atoms with Crippen LogP contribution >= 0.6 is 0 Å². The van der Waals surface area contributed by atoms with Crippen LogP contribution in [0.3, 0.4) is 0 Å². The van der Waals surface area contributed by atoms with Crippen molar-refractivity contribution in [3.05, 3.63) is 12.2 Å². The van der Waals surface area contributed by atoms with Crippen molar-refractivity contribution in [1.29, 1.82) is 0 Å². The summed E-state index contributed by atoms with van der Waals surface area (Å²) in [5.74, 6) is -1.98. The molecular formula is C23H43N2NaO4. The Hall–Kier alpha value is -0.850. The Morgan fingerprint density at radius 2 is 1.33 bits per heavy atom. The third-order valence-electron chi connectivity index (χ3n) is 4.98. The molecule has 4 N–H and O–H groups in total. The van der Waals surface area contributed by atoms with E-state index in [1.165, 1.54) is 51.4 Å². The molecule has 0 radical (unpaired) electrons. The van der Waals surface area contributed by atoms with Gasteiger partial charge in [-0.2, -0.15) is 0 Å². The molecule has 0 aliphatic rings. The van der Waals surface area contributed by atoms with Crippen LogP contribution < -0.4 is 11.1 Å². The van der Waals surface area contributed by atoms with E-state index in [4.69, 9.17) is 10.8 Å². The molecule has 0 aromatic carbocycles. The summed E-state index contributed by atoms with van der Waals surface area (Å²) in [6.45, 7) is 2.24. The average Bonchev–Trinajstić information content (AvgIpc) is 2.67. The molecule has 0 saturated heterocycles. The molecular weight excluding hydrogens is 391 g/mol. The number of rotatable bonds is 20. The third-order valence-corrected chi connectivity index (χ3v) is 4.98. The molecule has 2 amide bonds. The van der Waals surface area contributed by atoms with Crippen LogP contribution in [0.5, 0.6) is 0 Å². The number of nitrogens with one attached hydrogen (secondary N) is 1. The van der Waals surface area contributed by atoms with E-state index in [0.29, 0.717) is 6.42 Å². The molecule has 0 aliphatic carbocycles. The molecule has 0 saturated carbocycles. The number of carboxylic acids is 1. The van der Waals surface area contributed by atoms with Crippen molar-refractivity contribution < 1.29 is 19.5 Å². The van der Waals surface area contributed by atoms with E-state index in [0.717, 1.165) is 32.1 Å². The molecule has 0 fully saturated rings. The molecule has 1 atom stereocenters. The fraction of sp³-hybridized carbons (Fsp3) is 0.783. The summed E-state index contributed by atoms with van der Waals surface area (Å²) in [5.41, 5.74) is 5.02. The molecule has 6 nitrogen and oxygen atoms in total. The normalized spacial score (nSPS) is 11.8. The number of unbranched alkanes of at least 4 members (excludes halogenated alkanes) is 11. The van der Waals surface area contributed by atoms with Crippen LogP contribution in [0.15, 0.2) is 12.2 Å². The van der Waals surface area contributed by atoms with Gasteiger partial charge in [0, 0.05) is 12.8 Å². The van der Waals surface area contributed by atoms with Crippen LogP contribution in [0.2, 0.25) is 0 Å². The van der Waals surface area contributed by atoms with Gasteiger partial charge in [-0.1, -0.05) is 70.4 Å². The first-order valence-electron chi connectivity index (χ1n) is 11.4. The molecule has 1 unspecified atom stereocenters. The van der Waals surface area contributed by atoms with E-state index >= 15 is 0 Å². The van der Waals surface area contributed by atoms with Crippen LogP contribution in [0.4, 0.5) is 0 Å². The van der Waals surface area contributed by atoms with Gasteiger partial charge in [-0.3, -0.25) is 9.59 Å². The molecule has 0 rings (SSSR count). The summed E-state index contributed by atoms with van der Waals surface area (Å²) in [6.07, 6.45) is 20.4. The van der Waals surface area contributed by atoms with Crippen molar-refractivity contribution in [2.45, 2.75) is 116 Å². The molecule has 0 spiro atoms. The quantitative estimate of drug-likeness (QED) is 0.151. The maximum absolute atomic E-state index is 11.8. The molecule has 0 aromatic heterocycles. The first-order valence-corrected chi connectivity index (χ1v) is 11.4. The summed E-state index contributed by atoms with van der Waals surface area (Å²) >= 11 is 0. The SMILES string of the molecule is CCCCCCCC/C=C\CCCCCCCC(=O)NC(CCC(N)=O)C(=O)O.[NaH]. The van der Waals surface area contributed by atoms with E-state index < -0.39 is 17.9 Å². The first-order chi connectivity index (χ1) is 14.0. The molecule has 0 bridgehead atoms. The first kappa shape index (κ1) is 31.3. The second kappa shape index (κ2) is 22.8. The van der Waals surface area contributed by atoms with Gasteiger partial charge in [-0.05, 0) is 38.5 Å². The number of amides is 2. The Kier molecular flexibility index (Phi) is 23.8. The number of aliphatic carboxylic acids is 1. The molecule has 0 heterocycles. The van der Waals surface area contributed by atoms with Gasteiger partial charge in [0.05, 0.1) is 0 Å². The monoisotopic (exact) mass is 434 g/mol. The van der Waals surface area contributed by atoms with Crippen molar-refractivity contribution in [2.75, 3.05) is 0 Å². The van der Waals surface area contributed by atoms with Crippen LogP contribution in [-0.2, 0) is 14.4 Å². The van der Waals surface area contributed by atoms with Gasteiger partial charge in [-0.25, -0.2) is 4.79 Å². The summed E-state index contributed by atoms with van der Waals surface area (Å²) in [7, 11) is 0. The summed E-state index contributed by atoms with van der Waals surface area (Å²) < 4.78 is 0. The Morgan fingerprint density at radius 1 is 0.833 bits per heavy atom. The van der Waals surface area contributed by atoms with Crippen molar-refractivity contribution in [3.8, 4) is 0 Å². The molecule has 0 aromatic rings. The van der Waals surface area contributed by atoms with E-state index in [1.54, 1.807) is 0 Å². The van der Waals surface area contributed by atoms with E-state index in [2.05, 4.69) is 24.4 Å². The van der Waals surface area contributed by atoms with Crippen LogP contribution in [0.25, 0.3) is 0 Å². The van der Waals surface area contributed by atoms with Crippen molar-refractivity contribution in [3.63, 3.8) is 0 Å².